The minimum absolute atomic E-state index is 0.437. The van der Waals surface area contributed by atoms with Crippen molar-refractivity contribution in [3.8, 4) is 11.6 Å². The maximum Gasteiger partial charge on any atom is 0.248 e. The molecule has 2 rings (SSSR count). The predicted molar refractivity (Wildman–Crippen MR) is 80.6 cm³/mol. The Morgan fingerprint density at radius 1 is 1.29 bits per heavy atom. The lowest BCUT2D eigenvalue weighted by atomic mass is 10.2. The van der Waals surface area contributed by atoms with Crippen LogP contribution in [0.1, 0.15) is 29.5 Å². The maximum absolute atomic E-state index is 11.0. The third-order valence-corrected chi connectivity index (χ3v) is 2.73. The second-order valence-corrected chi connectivity index (χ2v) is 4.56. The number of hydrogen-bond acceptors (Lipinski definition) is 5. The fourth-order valence-corrected chi connectivity index (χ4v) is 1.74. The fraction of sp³-hybridized carbons (Fsp3) is 0.267. The lowest BCUT2D eigenvalue weighted by Gasteiger charge is -2.09. The summed E-state index contributed by atoms with van der Waals surface area (Å²) in [7, 11) is 0. The molecule has 0 atom stereocenters. The molecule has 1 aromatic carbocycles. The van der Waals surface area contributed by atoms with Crippen LogP contribution in [0.25, 0.3) is 0 Å². The van der Waals surface area contributed by atoms with Gasteiger partial charge < -0.3 is 15.8 Å². The van der Waals surface area contributed by atoms with Crippen LogP contribution in [0.5, 0.6) is 11.6 Å². The van der Waals surface area contributed by atoms with E-state index in [9.17, 15) is 4.79 Å². The van der Waals surface area contributed by atoms with Crippen molar-refractivity contribution in [2.45, 2.75) is 20.3 Å². The molecular formula is C15H18N4O2. The highest BCUT2D eigenvalue weighted by Crippen LogP contribution is 2.22. The smallest absolute Gasteiger partial charge is 0.248 e. The van der Waals surface area contributed by atoms with Gasteiger partial charge in [0.15, 0.2) is 0 Å². The standard InChI is InChI=1S/C15H18N4O2/c1-3-8-17-13-9-14(19-10(2)18-13)21-12-6-4-11(5-7-12)15(16)20/h4-7,9H,3,8H2,1-2H3,(H2,16,20)(H,17,18,19). The van der Waals surface area contributed by atoms with E-state index in [4.69, 9.17) is 10.5 Å². The van der Waals surface area contributed by atoms with Crippen LogP contribution in [0.4, 0.5) is 5.82 Å². The Morgan fingerprint density at radius 2 is 2.00 bits per heavy atom. The van der Waals surface area contributed by atoms with E-state index >= 15 is 0 Å². The van der Waals surface area contributed by atoms with E-state index in [1.54, 1.807) is 37.3 Å². The fourth-order valence-electron chi connectivity index (χ4n) is 1.74. The molecule has 0 aliphatic heterocycles. The number of rotatable bonds is 6. The summed E-state index contributed by atoms with van der Waals surface area (Å²) >= 11 is 0. The summed E-state index contributed by atoms with van der Waals surface area (Å²) in [6, 6.07) is 8.32. The number of hydrogen-bond donors (Lipinski definition) is 2. The minimum atomic E-state index is -0.467. The summed E-state index contributed by atoms with van der Waals surface area (Å²) in [5.41, 5.74) is 5.63. The molecule has 2 aromatic rings. The lowest BCUT2D eigenvalue weighted by molar-refractivity contribution is 0.100. The topological polar surface area (TPSA) is 90.1 Å². The molecule has 0 saturated carbocycles. The van der Waals surface area contributed by atoms with Crippen LogP contribution in [-0.4, -0.2) is 22.4 Å². The third-order valence-electron chi connectivity index (χ3n) is 2.73. The van der Waals surface area contributed by atoms with Gasteiger partial charge in [0.25, 0.3) is 0 Å². The van der Waals surface area contributed by atoms with Gasteiger partial charge in [-0.1, -0.05) is 6.92 Å². The molecule has 0 aliphatic rings. The first-order chi connectivity index (χ1) is 10.1. The summed E-state index contributed by atoms with van der Waals surface area (Å²) in [4.78, 5) is 19.5. The van der Waals surface area contributed by atoms with Crippen LogP contribution in [0, 0.1) is 6.92 Å². The second-order valence-electron chi connectivity index (χ2n) is 4.56. The molecule has 6 heteroatoms. The van der Waals surface area contributed by atoms with Crippen molar-refractivity contribution in [3.63, 3.8) is 0 Å². The molecule has 0 saturated heterocycles. The van der Waals surface area contributed by atoms with Gasteiger partial charge in [0.2, 0.25) is 11.8 Å². The molecule has 0 fully saturated rings. The number of nitrogens with one attached hydrogen (secondary N) is 1. The number of benzene rings is 1. The Hall–Kier alpha value is -2.63. The predicted octanol–water partition coefficient (Wildman–Crippen LogP) is 2.50. The highest BCUT2D eigenvalue weighted by Gasteiger charge is 2.05. The highest BCUT2D eigenvalue weighted by atomic mass is 16.5. The van der Waals surface area contributed by atoms with Gasteiger partial charge in [-0.15, -0.1) is 0 Å². The van der Waals surface area contributed by atoms with Crippen LogP contribution in [0.3, 0.4) is 0 Å². The molecule has 21 heavy (non-hydrogen) atoms. The van der Waals surface area contributed by atoms with Crippen molar-refractivity contribution in [2.24, 2.45) is 5.73 Å². The number of aryl methyl sites for hydroxylation is 1. The zero-order valence-corrected chi connectivity index (χ0v) is 12.1. The van der Waals surface area contributed by atoms with E-state index in [2.05, 4.69) is 22.2 Å². The number of aromatic nitrogens is 2. The number of nitrogens with two attached hydrogens (primary N) is 1. The van der Waals surface area contributed by atoms with Gasteiger partial charge in [0.05, 0.1) is 0 Å². The van der Waals surface area contributed by atoms with Crippen LogP contribution in [-0.2, 0) is 0 Å². The van der Waals surface area contributed by atoms with E-state index < -0.39 is 5.91 Å². The van der Waals surface area contributed by atoms with E-state index in [0.29, 0.717) is 23.0 Å². The Labute approximate surface area is 123 Å². The van der Waals surface area contributed by atoms with Crippen molar-refractivity contribution in [3.05, 3.63) is 41.7 Å². The number of amides is 1. The van der Waals surface area contributed by atoms with Crippen LogP contribution in [0.2, 0.25) is 0 Å². The summed E-state index contributed by atoms with van der Waals surface area (Å²) < 4.78 is 5.67. The number of nitrogens with zero attached hydrogens (tertiary/aromatic N) is 2. The largest absolute Gasteiger partial charge is 0.439 e. The zero-order valence-electron chi connectivity index (χ0n) is 12.1. The summed E-state index contributed by atoms with van der Waals surface area (Å²) in [5, 5.41) is 3.19. The van der Waals surface area contributed by atoms with Crippen LogP contribution < -0.4 is 15.8 Å². The molecule has 1 heterocycles. The summed E-state index contributed by atoms with van der Waals surface area (Å²) in [6.07, 6.45) is 1.01. The van der Waals surface area contributed by atoms with E-state index in [0.717, 1.165) is 18.8 Å². The second kappa shape index (κ2) is 6.69. The molecule has 0 unspecified atom stereocenters. The van der Waals surface area contributed by atoms with Crippen molar-refractivity contribution in [1.29, 1.82) is 0 Å². The molecule has 1 aromatic heterocycles. The highest BCUT2D eigenvalue weighted by molar-refractivity contribution is 5.92. The first-order valence-corrected chi connectivity index (χ1v) is 6.75. The Kier molecular flexibility index (Phi) is 4.71. The summed E-state index contributed by atoms with van der Waals surface area (Å²) in [6.45, 7) is 4.72. The number of primary amides is 1. The number of carbonyl (C=O) groups excluding carboxylic acids is 1. The van der Waals surface area contributed by atoms with Gasteiger partial charge in [-0.3, -0.25) is 4.79 Å². The molecule has 0 spiro atoms. The maximum atomic E-state index is 11.0. The molecule has 0 bridgehead atoms. The van der Waals surface area contributed by atoms with Gasteiger partial charge in [0, 0.05) is 18.2 Å². The van der Waals surface area contributed by atoms with Gasteiger partial charge in [-0.2, -0.15) is 4.98 Å². The molecule has 0 aliphatic carbocycles. The molecule has 1 amide bonds. The SMILES string of the molecule is CCCNc1cc(Oc2ccc(C(N)=O)cc2)nc(C)n1. The quantitative estimate of drug-likeness (QED) is 0.851. The number of ether oxygens (including phenoxy) is 1. The first kappa shape index (κ1) is 14.8. The number of anilines is 1. The van der Waals surface area contributed by atoms with Crippen LogP contribution >= 0.6 is 0 Å². The van der Waals surface area contributed by atoms with Crippen molar-refractivity contribution in [1.82, 2.24) is 9.97 Å². The first-order valence-electron chi connectivity index (χ1n) is 6.75. The summed E-state index contributed by atoms with van der Waals surface area (Å²) in [5.74, 6) is 1.92. The lowest BCUT2D eigenvalue weighted by Crippen LogP contribution is -2.10. The minimum Gasteiger partial charge on any atom is -0.439 e. The Bertz CT molecular complexity index is 626. The number of carbonyl (C=O) groups is 1. The van der Waals surface area contributed by atoms with Gasteiger partial charge in [-0.25, -0.2) is 4.98 Å². The Morgan fingerprint density at radius 3 is 2.62 bits per heavy atom. The van der Waals surface area contributed by atoms with Crippen LogP contribution in [0.15, 0.2) is 30.3 Å². The molecular weight excluding hydrogens is 268 g/mol. The van der Waals surface area contributed by atoms with Crippen molar-refractivity contribution >= 4 is 11.7 Å². The molecule has 6 nitrogen and oxygen atoms in total. The van der Waals surface area contributed by atoms with Gasteiger partial charge in [-0.05, 0) is 37.6 Å². The van der Waals surface area contributed by atoms with Gasteiger partial charge in [0.1, 0.15) is 17.4 Å². The third kappa shape index (κ3) is 4.17. The van der Waals surface area contributed by atoms with Crippen molar-refractivity contribution < 1.29 is 9.53 Å². The van der Waals surface area contributed by atoms with Crippen molar-refractivity contribution in [2.75, 3.05) is 11.9 Å². The average molecular weight is 286 g/mol. The monoisotopic (exact) mass is 286 g/mol. The van der Waals surface area contributed by atoms with E-state index in [-0.39, 0.29) is 0 Å². The zero-order chi connectivity index (χ0) is 15.2. The van der Waals surface area contributed by atoms with Gasteiger partial charge >= 0.3 is 0 Å². The molecule has 3 N–H and O–H groups in total. The normalized spacial score (nSPS) is 10.2. The molecule has 0 radical (unpaired) electrons. The van der Waals surface area contributed by atoms with E-state index in [1.807, 2.05) is 0 Å². The van der Waals surface area contributed by atoms with E-state index in [1.165, 1.54) is 0 Å². The average Bonchev–Trinajstić information content (AvgIpc) is 2.45. The molecule has 110 valence electrons. The Balaban J connectivity index is 2.14.